The molecule has 0 aliphatic carbocycles. The lowest BCUT2D eigenvalue weighted by atomic mass is 10.1. The van der Waals surface area contributed by atoms with E-state index in [0.29, 0.717) is 23.1 Å². The highest BCUT2D eigenvalue weighted by molar-refractivity contribution is 9.10. The molecule has 4 aromatic rings. The highest BCUT2D eigenvalue weighted by Crippen LogP contribution is 2.33. The molecule has 7 heteroatoms. The van der Waals surface area contributed by atoms with Gasteiger partial charge >= 0.3 is 0 Å². The topological polar surface area (TPSA) is 89.7 Å². The number of fused-ring (bicyclic) bond motifs is 1. The molecule has 0 amide bonds. The van der Waals surface area contributed by atoms with Crippen molar-refractivity contribution in [1.82, 2.24) is 9.97 Å². The molecular weight excluding hydrogens is 382 g/mol. The van der Waals surface area contributed by atoms with Crippen LogP contribution < -0.4 is 5.73 Å². The van der Waals surface area contributed by atoms with Crippen LogP contribution in [-0.2, 0) is 0 Å². The highest BCUT2D eigenvalue weighted by atomic mass is 79.9. The standard InChI is InChI=1S/C18H12BrN5O/c19-13-4-1-12-10-22-17(20)16(15(12)9-13)24-23-14-5-2-11(3-6-14)18-21-7-8-25-18/h1-10H,(H2,20,22). The minimum absolute atomic E-state index is 0.339. The number of rotatable bonds is 3. The van der Waals surface area contributed by atoms with E-state index < -0.39 is 0 Å². The first-order valence-corrected chi connectivity index (χ1v) is 8.25. The zero-order valence-electron chi connectivity index (χ0n) is 12.9. The molecule has 4 rings (SSSR count). The van der Waals surface area contributed by atoms with Crippen molar-refractivity contribution >= 4 is 43.9 Å². The van der Waals surface area contributed by atoms with Crippen LogP contribution in [-0.4, -0.2) is 9.97 Å². The number of benzene rings is 2. The predicted octanol–water partition coefficient (Wildman–Crippen LogP) is 5.65. The van der Waals surface area contributed by atoms with E-state index in [1.807, 2.05) is 42.5 Å². The summed E-state index contributed by atoms with van der Waals surface area (Å²) in [6.45, 7) is 0. The van der Waals surface area contributed by atoms with Crippen molar-refractivity contribution in [3.8, 4) is 11.5 Å². The maximum atomic E-state index is 5.99. The first-order valence-electron chi connectivity index (χ1n) is 7.46. The molecule has 25 heavy (non-hydrogen) atoms. The van der Waals surface area contributed by atoms with Crippen LogP contribution in [0.1, 0.15) is 0 Å². The molecule has 6 nitrogen and oxygen atoms in total. The fraction of sp³-hybridized carbons (Fsp3) is 0. The fourth-order valence-corrected chi connectivity index (χ4v) is 2.79. The molecule has 0 radical (unpaired) electrons. The molecule has 0 aliphatic rings. The number of hydrogen-bond acceptors (Lipinski definition) is 6. The van der Waals surface area contributed by atoms with Gasteiger partial charge in [-0.2, -0.15) is 5.11 Å². The number of aromatic nitrogens is 2. The zero-order valence-corrected chi connectivity index (χ0v) is 14.5. The summed E-state index contributed by atoms with van der Waals surface area (Å²) in [6.07, 6.45) is 4.87. The van der Waals surface area contributed by atoms with Gasteiger partial charge in [0.15, 0.2) is 5.82 Å². The molecule has 2 aromatic carbocycles. The van der Waals surface area contributed by atoms with Gasteiger partial charge in [0.2, 0.25) is 5.89 Å². The largest absolute Gasteiger partial charge is 0.445 e. The van der Waals surface area contributed by atoms with Crippen molar-refractivity contribution in [3.05, 3.63) is 65.6 Å². The first kappa shape index (κ1) is 15.5. The Morgan fingerprint density at radius 1 is 1.00 bits per heavy atom. The Labute approximate surface area is 151 Å². The Hall–Kier alpha value is -3.06. The van der Waals surface area contributed by atoms with Gasteiger partial charge in [-0.3, -0.25) is 0 Å². The lowest BCUT2D eigenvalue weighted by Crippen LogP contribution is -1.90. The second-order valence-corrected chi connectivity index (χ2v) is 6.22. The molecule has 0 unspecified atom stereocenters. The smallest absolute Gasteiger partial charge is 0.225 e. The lowest BCUT2D eigenvalue weighted by molar-refractivity contribution is 0.574. The van der Waals surface area contributed by atoms with Gasteiger partial charge in [0.05, 0.1) is 11.9 Å². The summed E-state index contributed by atoms with van der Waals surface area (Å²) in [4.78, 5) is 8.30. The fourth-order valence-electron chi connectivity index (χ4n) is 2.43. The molecule has 0 aliphatic heterocycles. The number of azo groups is 1. The Morgan fingerprint density at radius 2 is 1.84 bits per heavy atom. The van der Waals surface area contributed by atoms with Crippen LogP contribution in [0.5, 0.6) is 0 Å². The minimum Gasteiger partial charge on any atom is -0.445 e. The van der Waals surface area contributed by atoms with Gasteiger partial charge in [0.1, 0.15) is 12.0 Å². The average Bonchev–Trinajstić information content (AvgIpc) is 3.16. The number of nitrogens with zero attached hydrogens (tertiary/aromatic N) is 4. The average molecular weight is 394 g/mol. The third-order valence-corrected chi connectivity index (χ3v) is 4.16. The van der Waals surface area contributed by atoms with Crippen molar-refractivity contribution in [2.45, 2.75) is 0 Å². The van der Waals surface area contributed by atoms with Gasteiger partial charge < -0.3 is 10.2 Å². The van der Waals surface area contributed by atoms with Crippen LogP contribution in [0.25, 0.3) is 22.2 Å². The summed E-state index contributed by atoms with van der Waals surface area (Å²) < 4.78 is 6.21. The Morgan fingerprint density at radius 3 is 2.60 bits per heavy atom. The van der Waals surface area contributed by atoms with Crippen LogP contribution in [0, 0.1) is 0 Å². The van der Waals surface area contributed by atoms with Crippen LogP contribution in [0.15, 0.2) is 80.2 Å². The molecule has 0 atom stereocenters. The van der Waals surface area contributed by atoms with Crippen molar-refractivity contribution in [2.24, 2.45) is 10.2 Å². The van der Waals surface area contributed by atoms with Crippen LogP contribution >= 0.6 is 15.9 Å². The summed E-state index contributed by atoms with van der Waals surface area (Å²) in [7, 11) is 0. The van der Waals surface area contributed by atoms with E-state index >= 15 is 0 Å². The number of nitrogen functional groups attached to an aromatic ring is 1. The van der Waals surface area contributed by atoms with E-state index in [1.165, 1.54) is 6.26 Å². The quantitative estimate of drug-likeness (QED) is 0.455. The molecule has 122 valence electrons. The monoisotopic (exact) mass is 393 g/mol. The number of anilines is 1. The molecule has 0 saturated carbocycles. The Balaban J connectivity index is 1.69. The van der Waals surface area contributed by atoms with Gasteiger partial charge in [-0.05, 0) is 36.4 Å². The third kappa shape index (κ3) is 3.14. The Kier molecular flexibility index (Phi) is 3.99. The first-order chi connectivity index (χ1) is 12.2. The number of nitrogens with two attached hydrogens (primary N) is 1. The maximum Gasteiger partial charge on any atom is 0.225 e. The van der Waals surface area contributed by atoms with E-state index in [2.05, 4.69) is 36.1 Å². The summed E-state index contributed by atoms with van der Waals surface area (Å²) in [5.41, 5.74) is 8.11. The molecule has 2 aromatic heterocycles. The molecular formula is C18H12BrN5O. The summed E-state index contributed by atoms with van der Waals surface area (Å²) in [5.74, 6) is 0.904. The number of hydrogen-bond donors (Lipinski definition) is 1. The summed E-state index contributed by atoms with van der Waals surface area (Å²) in [5, 5.41) is 10.4. The summed E-state index contributed by atoms with van der Waals surface area (Å²) >= 11 is 3.47. The molecule has 0 fully saturated rings. The second-order valence-electron chi connectivity index (χ2n) is 5.31. The maximum absolute atomic E-state index is 5.99. The molecule has 0 bridgehead atoms. The SMILES string of the molecule is Nc1ncc2ccc(Br)cc2c1N=Nc1ccc(-c2ncco2)cc1. The van der Waals surface area contributed by atoms with Gasteiger partial charge in [-0.25, -0.2) is 9.97 Å². The number of pyridine rings is 1. The van der Waals surface area contributed by atoms with E-state index in [9.17, 15) is 0 Å². The lowest BCUT2D eigenvalue weighted by Gasteiger charge is -2.04. The van der Waals surface area contributed by atoms with Crippen molar-refractivity contribution < 1.29 is 4.42 Å². The predicted molar refractivity (Wildman–Crippen MR) is 100.0 cm³/mol. The van der Waals surface area contributed by atoms with Crippen LogP contribution in [0.2, 0.25) is 0 Å². The van der Waals surface area contributed by atoms with Gasteiger partial charge in [-0.1, -0.05) is 22.0 Å². The van der Waals surface area contributed by atoms with E-state index in [-0.39, 0.29) is 0 Å². The van der Waals surface area contributed by atoms with Crippen molar-refractivity contribution in [2.75, 3.05) is 5.73 Å². The van der Waals surface area contributed by atoms with E-state index in [4.69, 9.17) is 10.2 Å². The minimum atomic E-state index is 0.339. The van der Waals surface area contributed by atoms with Crippen molar-refractivity contribution in [1.29, 1.82) is 0 Å². The van der Waals surface area contributed by atoms with E-state index in [0.717, 1.165) is 20.8 Å². The van der Waals surface area contributed by atoms with Crippen molar-refractivity contribution in [3.63, 3.8) is 0 Å². The van der Waals surface area contributed by atoms with E-state index in [1.54, 1.807) is 12.4 Å². The van der Waals surface area contributed by atoms with Crippen LogP contribution in [0.4, 0.5) is 17.2 Å². The number of halogens is 1. The van der Waals surface area contributed by atoms with Crippen LogP contribution in [0.3, 0.4) is 0 Å². The molecule has 0 spiro atoms. The summed E-state index contributed by atoms with van der Waals surface area (Å²) in [6, 6.07) is 13.3. The second kappa shape index (κ2) is 6.45. The Bertz CT molecular complexity index is 1050. The highest BCUT2D eigenvalue weighted by Gasteiger charge is 2.07. The zero-order chi connectivity index (χ0) is 17.2. The van der Waals surface area contributed by atoms with Gasteiger partial charge in [0.25, 0.3) is 0 Å². The number of oxazole rings is 1. The molecule has 2 N–H and O–H groups in total. The van der Waals surface area contributed by atoms with Gasteiger partial charge in [-0.15, -0.1) is 5.11 Å². The molecule has 0 saturated heterocycles. The molecule has 2 heterocycles. The van der Waals surface area contributed by atoms with Gasteiger partial charge in [0, 0.05) is 27.0 Å². The normalized spacial score (nSPS) is 11.4. The third-order valence-electron chi connectivity index (χ3n) is 3.67.